The van der Waals surface area contributed by atoms with Crippen molar-refractivity contribution in [2.75, 3.05) is 25.1 Å². The lowest BCUT2D eigenvalue weighted by Gasteiger charge is -2.26. The summed E-state index contributed by atoms with van der Waals surface area (Å²) in [6, 6.07) is 0.777. The Labute approximate surface area is 130 Å². The summed E-state index contributed by atoms with van der Waals surface area (Å²) in [7, 11) is 3.88. The molecular formula is C15H24N4OS. The number of aryl methyl sites for hydroxylation is 1. The molecular weight excluding hydrogens is 284 g/mol. The summed E-state index contributed by atoms with van der Waals surface area (Å²) >= 11 is 2.02. The third-order valence-corrected chi connectivity index (χ3v) is 6.05. The molecule has 0 saturated carbocycles. The van der Waals surface area contributed by atoms with Crippen LogP contribution >= 0.6 is 11.8 Å². The van der Waals surface area contributed by atoms with Gasteiger partial charge >= 0.3 is 0 Å². The van der Waals surface area contributed by atoms with Gasteiger partial charge in [0.2, 0.25) is 5.91 Å². The van der Waals surface area contributed by atoms with Crippen LogP contribution in [0.15, 0.2) is 6.20 Å². The number of thioether (sulfide) groups is 1. The van der Waals surface area contributed by atoms with Crippen LogP contribution in [0.25, 0.3) is 0 Å². The highest BCUT2D eigenvalue weighted by molar-refractivity contribution is 7.99. The van der Waals surface area contributed by atoms with Gasteiger partial charge in [0.15, 0.2) is 0 Å². The maximum Gasteiger partial charge on any atom is 0.223 e. The van der Waals surface area contributed by atoms with Gasteiger partial charge in [0.05, 0.1) is 12.2 Å². The van der Waals surface area contributed by atoms with Crippen LogP contribution in [0.2, 0.25) is 0 Å². The van der Waals surface area contributed by atoms with E-state index in [1.165, 1.54) is 23.5 Å². The smallest absolute Gasteiger partial charge is 0.223 e. The number of nitrogens with zero attached hydrogens (tertiary/aromatic N) is 3. The summed E-state index contributed by atoms with van der Waals surface area (Å²) in [5, 5.41) is 8.01. The lowest BCUT2D eigenvalue weighted by molar-refractivity contribution is -0.127. The number of carbonyl (C=O) groups excluding carboxylic acids is 1. The molecule has 5 nitrogen and oxygen atoms in total. The minimum Gasteiger partial charge on any atom is -0.338 e. The second-order valence-electron chi connectivity index (χ2n) is 6.19. The minimum atomic E-state index is 0.160. The predicted octanol–water partition coefficient (Wildman–Crippen LogP) is 1.34. The van der Waals surface area contributed by atoms with Crippen molar-refractivity contribution in [2.24, 2.45) is 13.0 Å². The lowest BCUT2D eigenvalue weighted by atomic mass is 9.93. The quantitative estimate of drug-likeness (QED) is 0.912. The molecule has 3 heterocycles. The normalized spacial score (nSPS) is 29.6. The first-order valence-electron chi connectivity index (χ1n) is 7.63. The molecule has 1 N–H and O–H groups in total. The molecule has 2 aliphatic heterocycles. The fraction of sp³-hybridized carbons (Fsp3) is 0.733. The molecule has 2 fully saturated rings. The molecule has 0 spiro atoms. The number of carbonyl (C=O) groups is 1. The van der Waals surface area contributed by atoms with Crippen LogP contribution in [0.5, 0.6) is 0 Å². The molecule has 21 heavy (non-hydrogen) atoms. The number of aromatic nitrogens is 2. The second kappa shape index (κ2) is 6.01. The SMILES string of the molecule is Cc1c([C@H]2[C@H](CN[C@@H]3CCSC3)CC(=O)N2C)cnn1C. The van der Waals surface area contributed by atoms with Gasteiger partial charge in [-0.15, -0.1) is 0 Å². The summed E-state index contributed by atoms with van der Waals surface area (Å²) in [5.41, 5.74) is 2.35. The monoisotopic (exact) mass is 308 g/mol. The zero-order valence-corrected chi connectivity index (χ0v) is 13.8. The Bertz CT molecular complexity index is 524. The van der Waals surface area contributed by atoms with Crippen LogP contribution in [0, 0.1) is 12.8 Å². The van der Waals surface area contributed by atoms with E-state index in [9.17, 15) is 4.79 Å². The highest BCUT2D eigenvalue weighted by atomic mass is 32.2. The second-order valence-corrected chi connectivity index (χ2v) is 7.34. The number of nitrogens with one attached hydrogen (secondary N) is 1. The zero-order valence-electron chi connectivity index (χ0n) is 13.0. The van der Waals surface area contributed by atoms with Crippen molar-refractivity contribution >= 4 is 17.7 Å². The highest BCUT2D eigenvalue weighted by Gasteiger charge is 2.40. The Morgan fingerprint density at radius 1 is 1.48 bits per heavy atom. The van der Waals surface area contributed by atoms with Gasteiger partial charge in [0, 0.05) is 56.0 Å². The number of amides is 1. The molecule has 0 bridgehead atoms. The number of hydrogen-bond donors (Lipinski definition) is 1. The first kappa shape index (κ1) is 14.9. The van der Waals surface area contributed by atoms with E-state index in [-0.39, 0.29) is 11.9 Å². The van der Waals surface area contributed by atoms with Crippen LogP contribution in [-0.2, 0) is 11.8 Å². The lowest BCUT2D eigenvalue weighted by Crippen LogP contribution is -2.35. The molecule has 0 unspecified atom stereocenters. The molecule has 1 aromatic heterocycles. The summed E-state index contributed by atoms with van der Waals surface area (Å²) < 4.78 is 1.89. The average Bonchev–Trinajstić information content (AvgIpc) is 3.14. The fourth-order valence-electron chi connectivity index (χ4n) is 3.42. The van der Waals surface area contributed by atoms with Gasteiger partial charge in [-0.1, -0.05) is 0 Å². The van der Waals surface area contributed by atoms with E-state index < -0.39 is 0 Å². The average molecular weight is 308 g/mol. The molecule has 0 radical (unpaired) electrons. The largest absolute Gasteiger partial charge is 0.338 e. The van der Waals surface area contributed by atoms with E-state index in [2.05, 4.69) is 17.3 Å². The van der Waals surface area contributed by atoms with E-state index in [0.717, 1.165) is 12.2 Å². The number of likely N-dealkylation sites (tertiary alicyclic amines) is 1. The van der Waals surface area contributed by atoms with Gasteiger partial charge in [-0.25, -0.2) is 0 Å². The van der Waals surface area contributed by atoms with Gasteiger partial charge in [-0.05, 0) is 19.1 Å². The molecule has 2 saturated heterocycles. The van der Waals surface area contributed by atoms with Gasteiger partial charge in [0.25, 0.3) is 0 Å². The third-order valence-electron chi connectivity index (χ3n) is 4.88. The third kappa shape index (κ3) is 2.83. The summed E-state index contributed by atoms with van der Waals surface area (Å²) in [5.74, 6) is 3.05. The Morgan fingerprint density at radius 2 is 2.29 bits per heavy atom. The van der Waals surface area contributed by atoms with Crippen LogP contribution in [0.3, 0.4) is 0 Å². The Kier molecular flexibility index (Phi) is 4.26. The molecule has 3 rings (SSSR count). The van der Waals surface area contributed by atoms with Gasteiger partial charge in [-0.2, -0.15) is 16.9 Å². The van der Waals surface area contributed by atoms with E-state index in [1.807, 2.05) is 41.6 Å². The van der Waals surface area contributed by atoms with Crippen molar-refractivity contribution in [2.45, 2.75) is 31.8 Å². The topological polar surface area (TPSA) is 50.2 Å². The molecule has 116 valence electrons. The van der Waals surface area contributed by atoms with Crippen molar-refractivity contribution in [1.29, 1.82) is 0 Å². The number of rotatable bonds is 4. The molecule has 6 heteroatoms. The van der Waals surface area contributed by atoms with Crippen LogP contribution < -0.4 is 5.32 Å². The Balaban J connectivity index is 1.74. The Morgan fingerprint density at radius 3 is 2.90 bits per heavy atom. The number of hydrogen-bond acceptors (Lipinski definition) is 4. The first-order valence-corrected chi connectivity index (χ1v) is 8.78. The first-order chi connectivity index (χ1) is 10.1. The van der Waals surface area contributed by atoms with E-state index in [1.54, 1.807) is 0 Å². The minimum absolute atomic E-state index is 0.160. The standard InChI is InChI=1S/C15H24N4OS/c1-10-13(8-17-19(10)3)15-11(6-14(20)18(15)2)7-16-12-4-5-21-9-12/h8,11-12,15-16H,4-7,9H2,1-3H3/t11-,12+,15+/m0/s1. The van der Waals surface area contributed by atoms with Gasteiger partial charge in [-0.3, -0.25) is 9.48 Å². The van der Waals surface area contributed by atoms with Crippen LogP contribution in [-0.4, -0.2) is 51.7 Å². The molecule has 3 atom stereocenters. The predicted molar refractivity (Wildman–Crippen MR) is 85.3 cm³/mol. The molecule has 1 aromatic rings. The summed E-state index contributed by atoms with van der Waals surface area (Å²) in [6.07, 6.45) is 3.81. The summed E-state index contributed by atoms with van der Waals surface area (Å²) in [6.45, 7) is 3.00. The van der Waals surface area contributed by atoms with Crippen LogP contribution in [0.1, 0.15) is 30.1 Å². The van der Waals surface area contributed by atoms with E-state index in [4.69, 9.17) is 0 Å². The van der Waals surface area contributed by atoms with E-state index >= 15 is 0 Å². The Hall–Kier alpha value is -1.01. The molecule has 0 aromatic carbocycles. The van der Waals surface area contributed by atoms with Gasteiger partial charge in [0.1, 0.15) is 0 Å². The highest BCUT2D eigenvalue weighted by Crippen LogP contribution is 2.38. The maximum atomic E-state index is 12.1. The molecule has 0 aliphatic carbocycles. The molecule has 2 aliphatic rings. The van der Waals surface area contributed by atoms with Crippen molar-refractivity contribution in [3.63, 3.8) is 0 Å². The molecule has 1 amide bonds. The summed E-state index contributed by atoms with van der Waals surface area (Å²) in [4.78, 5) is 14.1. The van der Waals surface area contributed by atoms with Crippen LogP contribution in [0.4, 0.5) is 0 Å². The van der Waals surface area contributed by atoms with Crippen molar-refractivity contribution in [3.8, 4) is 0 Å². The van der Waals surface area contributed by atoms with Gasteiger partial charge < -0.3 is 10.2 Å². The fourth-order valence-corrected chi connectivity index (χ4v) is 4.60. The maximum absolute atomic E-state index is 12.1. The van der Waals surface area contributed by atoms with E-state index in [0.29, 0.717) is 18.4 Å². The van der Waals surface area contributed by atoms with Crippen molar-refractivity contribution in [3.05, 3.63) is 17.5 Å². The van der Waals surface area contributed by atoms with Crippen molar-refractivity contribution in [1.82, 2.24) is 20.0 Å². The van der Waals surface area contributed by atoms with Crippen molar-refractivity contribution < 1.29 is 4.79 Å². The zero-order chi connectivity index (χ0) is 15.0.